The van der Waals surface area contributed by atoms with Gasteiger partial charge in [0.05, 0.1) is 11.9 Å². The minimum atomic E-state index is -3.66. The first-order chi connectivity index (χ1) is 20.5. The number of sulfonamides is 1. The predicted molar refractivity (Wildman–Crippen MR) is 168 cm³/mol. The first-order valence-corrected chi connectivity index (χ1v) is 16.5. The van der Waals surface area contributed by atoms with Crippen molar-refractivity contribution in [2.24, 2.45) is 0 Å². The van der Waals surface area contributed by atoms with Crippen molar-refractivity contribution >= 4 is 39.1 Å². The standard InChI is InChI=1S/C32H38ClN3O6S/c1-4-23(2)34-32(38)28(19-24-10-6-5-7-11-24)35(21-25-12-8-13-26(33)18-25)31(37)14-9-17-36(43(3,39)40)27-15-16-29-30(20-27)42-22-41-29/h5-8,10-13,15-16,18,20,23,28H,4,9,14,17,19,21-22H2,1-3H3,(H,34,38)/t23-,28+/m0/s1. The lowest BCUT2D eigenvalue weighted by Gasteiger charge is -2.32. The third kappa shape index (κ3) is 8.87. The number of hydrogen-bond donors (Lipinski definition) is 1. The third-order valence-electron chi connectivity index (χ3n) is 7.31. The number of carbonyl (C=O) groups excluding carboxylic acids is 2. The summed E-state index contributed by atoms with van der Waals surface area (Å²) < 4.78 is 37.5. The third-order valence-corrected chi connectivity index (χ3v) is 8.74. The number of nitrogens with zero attached hydrogens (tertiary/aromatic N) is 2. The van der Waals surface area contributed by atoms with E-state index in [0.717, 1.165) is 23.8 Å². The van der Waals surface area contributed by atoms with Crippen LogP contribution in [0.4, 0.5) is 5.69 Å². The quantitative estimate of drug-likeness (QED) is 0.264. The van der Waals surface area contributed by atoms with Crippen LogP contribution in [-0.4, -0.2) is 56.8 Å². The Balaban J connectivity index is 1.58. The number of halogens is 1. The van der Waals surface area contributed by atoms with Crippen molar-refractivity contribution in [3.8, 4) is 11.5 Å². The van der Waals surface area contributed by atoms with E-state index in [1.54, 1.807) is 41.3 Å². The van der Waals surface area contributed by atoms with Gasteiger partial charge in [0.2, 0.25) is 28.6 Å². The average molecular weight is 628 g/mol. The number of amides is 2. The maximum absolute atomic E-state index is 14.0. The van der Waals surface area contributed by atoms with Crippen molar-refractivity contribution < 1.29 is 27.5 Å². The summed E-state index contributed by atoms with van der Waals surface area (Å²) in [6, 6.07) is 20.8. The van der Waals surface area contributed by atoms with E-state index < -0.39 is 16.1 Å². The molecule has 0 radical (unpaired) electrons. The molecule has 1 N–H and O–H groups in total. The number of benzene rings is 3. The molecule has 0 aromatic heterocycles. The van der Waals surface area contributed by atoms with Crippen molar-refractivity contribution in [2.75, 3.05) is 23.9 Å². The summed E-state index contributed by atoms with van der Waals surface area (Å²) in [5.74, 6) is 0.501. The lowest BCUT2D eigenvalue weighted by molar-refractivity contribution is -0.141. The van der Waals surface area contributed by atoms with Crippen LogP contribution >= 0.6 is 11.6 Å². The Morgan fingerprint density at radius 1 is 0.977 bits per heavy atom. The fraction of sp³-hybridized carbons (Fsp3) is 0.375. The van der Waals surface area contributed by atoms with Crippen LogP contribution in [0.15, 0.2) is 72.8 Å². The molecule has 0 unspecified atom stereocenters. The highest BCUT2D eigenvalue weighted by Crippen LogP contribution is 2.36. The fourth-order valence-electron chi connectivity index (χ4n) is 4.87. The van der Waals surface area contributed by atoms with Gasteiger partial charge >= 0.3 is 0 Å². The molecule has 2 atom stereocenters. The second-order valence-electron chi connectivity index (χ2n) is 10.7. The number of fused-ring (bicyclic) bond motifs is 1. The minimum absolute atomic E-state index is 0.0268. The number of ether oxygens (including phenoxy) is 2. The zero-order valence-electron chi connectivity index (χ0n) is 24.7. The molecule has 0 fully saturated rings. The molecule has 43 heavy (non-hydrogen) atoms. The summed E-state index contributed by atoms with van der Waals surface area (Å²) in [7, 11) is -3.66. The maximum atomic E-state index is 14.0. The molecule has 0 saturated carbocycles. The van der Waals surface area contributed by atoms with Gasteiger partial charge in [-0.1, -0.05) is 61.0 Å². The average Bonchev–Trinajstić information content (AvgIpc) is 3.45. The fourth-order valence-corrected chi connectivity index (χ4v) is 6.04. The van der Waals surface area contributed by atoms with E-state index in [9.17, 15) is 18.0 Å². The SMILES string of the molecule is CC[C@H](C)NC(=O)[C@@H](Cc1ccccc1)N(Cc1cccc(Cl)c1)C(=O)CCCN(c1ccc2c(c1)OCO2)S(C)(=O)=O. The molecule has 4 rings (SSSR count). The van der Waals surface area contributed by atoms with Crippen molar-refractivity contribution in [3.05, 3.63) is 88.9 Å². The van der Waals surface area contributed by atoms with Crippen LogP contribution in [-0.2, 0) is 32.6 Å². The van der Waals surface area contributed by atoms with E-state index in [4.69, 9.17) is 21.1 Å². The van der Waals surface area contributed by atoms with Crippen LogP contribution in [0.2, 0.25) is 5.02 Å². The number of hydrogen-bond acceptors (Lipinski definition) is 6. The van der Waals surface area contributed by atoms with E-state index in [0.29, 0.717) is 28.6 Å². The summed E-state index contributed by atoms with van der Waals surface area (Å²) in [6.45, 7) is 4.22. The van der Waals surface area contributed by atoms with E-state index in [1.165, 1.54) is 4.31 Å². The van der Waals surface area contributed by atoms with Crippen LogP contribution in [0.3, 0.4) is 0 Å². The van der Waals surface area contributed by atoms with Crippen LogP contribution in [0.1, 0.15) is 44.2 Å². The predicted octanol–water partition coefficient (Wildman–Crippen LogP) is 5.17. The summed E-state index contributed by atoms with van der Waals surface area (Å²) in [5.41, 5.74) is 2.12. The van der Waals surface area contributed by atoms with Gasteiger partial charge in [-0.05, 0) is 55.2 Å². The molecule has 1 aliphatic heterocycles. The Hall–Kier alpha value is -3.76. The van der Waals surface area contributed by atoms with Gasteiger partial charge in [-0.3, -0.25) is 13.9 Å². The normalized spacial score (nSPS) is 13.7. The second kappa shape index (κ2) is 14.6. The highest BCUT2D eigenvalue weighted by Gasteiger charge is 2.31. The monoisotopic (exact) mass is 627 g/mol. The highest BCUT2D eigenvalue weighted by molar-refractivity contribution is 7.92. The van der Waals surface area contributed by atoms with E-state index in [-0.39, 0.29) is 50.6 Å². The Morgan fingerprint density at radius 2 is 1.70 bits per heavy atom. The van der Waals surface area contributed by atoms with Crippen molar-refractivity contribution in [1.29, 1.82) is 0 Å². The molecular formula is C32H38ClN3O6S. The molecule has 2 amide bonds. The maximum Gasteiger partial charge on any atom is 0.243 e. The molecule has 0 spiro atoms. The summed E-state index contributed by atoms with van der Waals surface area (Å²) in [4.78, 5) is 29.2. The highest BCUT2D eigenvalue weighted by atomic mass is 35.5. The number of nitrogens with one attached hydrogen (secondary N) is 1. The molecule has 0 bridgehead atoms. The van der Waals surface area contributed by atoms with Gasteiger partial charge in [-0.2, -0.15) is 0 Å². The molecule has 1 aliphatic rings. The second-order valence-corrected chi connectivity index (χ2v) is 13.0. The van der Waals surface area contributed by atoms with E-state index in [1.807, 2.05) is 50.2 Å². The molecule has 9 nitrogen and oxygen atoms in total. The van der Waals surface area contributed by atoms with Gasteiger partial charge < -0.3 is 19.7 Å². The molecule has 1 heterocycles. The lowest BCUT2D eigenvalue weighted by Crippen LogP contribution is -2.52. The molecule has 3 aromatic rings. The summed E-state index contributed by atoms with van der Waals surface area (Å²) in [5, 5.41) is 3.58. The van der Waals surface area contributed by atoms with Crippen molar-refractivity contribution in [2.45, 2.75) is 58.2 Å². The largest absolute Gasteiger partial charge is 0.454 e. The van der Waals surface area contributed by atoms with Gasteiger partial charge in [0.15, 0.2) is 11.5 Å². The van der Waals surface area contributed by atoms with E-state index >= 15 is 0 Å². The Morgan fingerprint density at radius 3 is 2.40 bits per heavy atom. The number of rotatable bonds is 14. The van der Waals surface area contributed by atoms with Gasteiger partial charge in [0.1, 0.15) is 6.04 Å². The van der Waals surface area contributed by atoms with Gasteiger partial charge in [0, 0.05) is 43.1 Å². The molecule has 3 aromatic carbocycles. The first kappa shape index (κ1) is 32.2. The Kier molecular flexibility index (Phi) is 10.9. The van der Waals surface area contributed by atoms with Crippen LogP contribution in [0.25, 0.3) is 0 Å². The molecular weight excluding hydrogens is 590 g/mol. The van der Waals surface area contributed by atoms with Crippen LogP contribution < -0.4 is 19.1 Å². The van der Waals surface area contributed by atoms with Crippen molar-refractivity contribution in [3.63, 3.8) is 0 Å². The van der Waals surface area contributed by atoms with Crippen LogP contribution in [0.5, 0.6) is 11.5 Å². The first-order valence-electron chi connectivity index (χ1n) is 14.3. The number of carbonyl (C=O) groups is 2. The molecule has 0 saturated heterocycles. The molecule has 11 heteroatoms. The summed E-state index contributed by atoms with van der Waals surface area (Å²) in [6.07, 6.45) is 2.45. The van der Waals surface area contributed by atoms with Gasteiger partial charge in [-0.25, -0.2) is 8.42 Å². The van der Waals surface area contributed by atoms with Crippen LogP contribution in [0, 0.1) is 0 Å². The zero-order chi connectivity index (χ0) is 31.0. The zero-order valence-corrected chi connectivity index (χ0v) is 26.2. The Labute approximate surface area is 258 Å². The topological polar surface area (TPSA) is 105 Å². The molecule has 0 aliphatic carbocycles. The smallest absolute Gasteiger partial charge is 0.243 e. The lowest BCUT2D eigenvalue weighted by atomic mass is 10.0. The summed E-state index contributed by atoms with van der Waals surface area (Å²) >= 11 is 6.26. The van der Waals surface area contributed by atoms with E-state index in [2.05, 4.69) is 5.32 Å². The number of anilines is 1. The van der Waals surface area contributed by atoms with Crippen molar-refractivity contribution in [1.82, 2.24) is 10.2 Å². The van der Waals surface area contributed by atoms with Gasteiger partial charge in [0.25, 0.3) is 0 Å². The van der Waals surface area contributed by atoms with Gasteiger partial charge in [-0.15, -0.1) is 0 Å². The minimum Gasteiger partial charge on any atom is -0.454 e. The Bertz CT molecular complexity index is 1520. The molecule has 230 valence electrons.